The van der Waals surface area contributed by atoms with Gasteiger partial charge in [-0.3, -0.25) is 14.9 Å². The van der Waals surface area contributed by atoms with Crippen molar-refractivity contribution in [3.8, 4) is 5.75 Å². The molecule has 0 unspecified atom stereocenters. The molecule has 53 heavy (non-hydrogen) atoms. The van der Waals surface area contributed by atoms with Crippen LogP contribution < -0.4 is 4.74 Å². The largest absolute Gasteiger partial charge is 0.491 e. The molecular formula is C35H61NO17. The lowest BCUT2D eigenvalue weighted by Gasteiger charge is -2.09. The van der Waals surface area contributed by atoms with Crippen LogP contribution in [0.1, 0.15) is 13.3 Å². The molecule has 0 bridgehead atoms. The predicted octanol–water partition coefficient (Wildman–Crippen LogP) is 2.13. The third-order valence-electron chi connectivity index (χ3n) is 6.39. The number of hydrogen-bond donors (Lipinski definition) is 0. The summed E-state index contributed by atoms with van der Waals surface area (Å²) < 4.78 is 75.6. The van der Waals surface area contributed by atoms with Gasteiger partial charge in [-0.15, -0.1) is 0 Å². The van der Waals surface area contributed by atoms with Crippen molar-refractivity contribution in [3.05, 3.63) is 34.4 Å². The van der Waals surface area contributed by atoms with Gasteiger partial charge in [-0.2, -0.15) is 0 Å². The summed E-state index contributed by atoms with van der Waals surface area (Å²) in [6.45, 7) is 13.5. The van der Waals surface area contributed by atoms with Crippen molar-refractivity contribution in [2.75, 3.05) is 172 Å². The van der Waals surface area contributed by atoms with Gasteiger partial charge < -0.3 is 66.3 Å². The van der Waals surface area contributed by atoms with Crippen LogP contribution >= 0.6 is 0 Å². The van der Waals surface area contributed by atoms with Crippen LogP contribution in [-0.4, -0.2) is 183 Å². The normalized spacial score (nSPS) is 11.3. The Bertz CT molecular complexity index is 944. The number of carbonyl (C=O) groups is 1. The van der Waals surface area contributed by atoms with E-state index in [2.05, 4.69) is 0 Å². The van der Waals surface area contributed by atoms with Gasteiger partial charge in [0, 0.05) is 12.1 Å². The first-order valence-corrected chi connectivity index (χ1v) is 18.1. The zero-order valence-electron chi connectivity index (χ0n) is 31.3. The van der Waals surface area contributed by atoms with Crippen LogP contribution in [0.5, 0.6) is 5.75 Å². The second-order valence-electron chi connectivity index (χ2n) is 10.5. The molecule has 0 saturated carbocycles. The number of nitro groups is 1. The number of nitrogens with zero attached hydrogens (tertiary/aromatic N) is 1. The summed E-state index contributed by atoms with van der Waals surface area (Å²) >= 11 is 0. The average Bonchev–Trinajstić information content (AvgIpc) is 3.16. The minimum Gasteiger partial charge on any atom is -0.491 e. The van der Waals surface area contributed by atoms with Crippen molar-refractivity contribution in [1.82, 2.24) is 0 Å². The summed E-state index contributed by atoms with van der Waals surface area (Å²) in [5, 5.41) is 10.6. The molecule has 1 aromatic carbocycles. The maximum atomic E-state index is 11.2. The van der Waals surface area contributed by atoms with Crippen molar-refractivity contribution in [2.45, 2.75) is 13.3 Å². The minimum absolute atomic E-state index is 0.0217. The van der Waals surface area contributed by atoms with E-state index in [1.807, 2.05) is 0 Å². The topological polar surface area (TPSA) is 189 Å². The summed E-state index contributed by atoms with van der Waals surface area (Å²) in [4.78, 5) is 21.3. The van der Waals surface area contributed by atoms with Crippen LogP contribution in [0.2, 0.25) is 0 Å². The van der Waals surface area contributed by atoms with Gasteiger partial charge in [0.25, 0.3) is 5.69 Å². The summed E-state index contributed by atoms with van der Waals surface area (Å²) in [5.41, 5.74) is 0.0217. The zero-order valence-corrected chi connectivity index (χ0v) is 31.3. The number of hydrogen-bond acceptors (Lipinski definition) is 17. The van der Waals surface area contributed by atoms with Crippen molar-refractivity contribution >= 4 is 11.7 Å². The molecule has 0 heterocycles. The second-order valence-corrected chi connectivity index (χ2v) is 10.5. The van der Waals surface area contributed by atoms with E-state index < -0.39 is 4.92 Å². The zero-order chi connectivity index (χ0) is 38.1. The van der Waals surface area contributed by atoms with Gasteiger partial charge >= 0.3 is 5.97 Å². The van der Waals surface area contributed by atoms with Crippen LogP contribution in [-0.2, 0) is 66.4 Å². The van der Waals surface area contributed by atoms with Gasteiger partial charge in [0.2, 0.25) is 0 Å². The number of rotatable bonds is 42. The maximum absolute atomic E-state index is 11.2. The first kappa shape index (κ1) is 48.4. The fraction of sp³-hybridized carbons (Fsp3) is 0.800. The van der Waals surface area contributed by atoms with Crippen molar-refractivity contribution in [1.29, 1.82) is 0 Å². The molecule has 1 aromatic rings. The highest BCUT2D eigenvalue weighted by atomic mass is 16.6. The molecule has 0 spiro atoms. The van der Waals surface area contributed by atoms with E-state index in [0.29, 0.717) is 178 Å². The number of carbonyl (C=O) groups excluding carboxylic acids is 1. The highest BCUT2D eigenvalue weighted by Gasteiger charge is 2.04. The SMILES string of the molecule is CCOC(=O)CCOCCOCCOCCOCCOCCOCCOCCOCCOCCOCCOCCOCCOc1ccc([N+](=O)[O-])cc1. The lowest BCUT2D eigenvalue weighted by molar-refractivity contribution is -0.384. The fourth-order valence-electron chi connectivity index (χ4n) is 3.79. The second kappa shape index (κ2) is 39.1. The Morgan fingerprint density at radius 1 is 0.453 bits per heavy atom. The summed E-state index contributed by atoms with van der Waals surface area (Å²) in [6.07, 6.45) is 0.249. The predicted molar refractivity (Wildman–Crippen MR) is 190 cm³/mol. The van der Waals surface area contributed by atoms with Crippen LogP contribution in [0.15, 0.2) is 24.3 Å². The summed E-state index contributed by atoms with van der Waals surface area (Å²) in [7, 11) is 0. The van der Waals surface area contributed by atoms with Gasteiger partial charge in [0.15, 0.2) is 0 Å². The first-order chi connectivity index (χ1) is 26.1. The molecule has 0 aliphatic carbocycles. The van der Waals surface area contributed by atoms with Gasteiger partial charge in [0.05, 0.1) is 177 Å². The lowest BCUT2D eigenvalue weighted by atomic mass is 10.3. The molecule has 0 amide bonds. The molecule has 18 nitrogen and oxygen atoms in total. The Labute approximate surface area is 312 Å². The fourth-order valence-corrected chi connectivity index (χ4v) is 3.79. The van der Waals surface area contributed by atoms with Gasteiger partial charge in [-0.25, -0.2) is 0 Å². The van der Waals surface area contributed by atoms with E-state index in [0.717, 1.165) is 0 Å². The van der Waals surface area contributed by atoms with E-state index in [9.17, 15) is 14.9 Å². The Balaban J connectivity index is 1.64. The number of benzene rings is 1. The third-order valence-corrected chi connectivity index (χ3v) is 6.39. The molecule has 0 aliphatic heterocycles. The standard InChI is InChI=1S/C35H61NO17/c1-2-52-35(37)7-8-40-9-10-41-11-12-42-13-14-43-15-16-44-17-18-45-19-20-46-21-22-47-23-24-48-25-26-49-27-28-50-29-30-51-31-32-53-34-5-3-33(4-6-34)36(38)39/h3-6H,2,7-32H2,1H3. The number of ether oxygens (including phenoxy) is 14. The quantitative estimate of drug-likeness (QED) is 0.0407. The lowest BCUT2D eigenvalue weighted by Crippen LogP contribution is -2.15. The van der Waals surface area contributed by atoms with E-state index in [1.54, 1.807) is 19.1 Å². The molecule has 0 fully saturated rings. The molecule has 0 radical (unpaired) electrons. The highest BCUT2D eigenvalue weighted by molar-refractivity contribution is 5.69. The average molecular weight is 768 g/mol. The van der Waals surface area contributed by atoms with Gasteiger partial charge in [-0.1, -0.05) is 0 Å². The summed E-state index contributed by atoms with van der Waals surface area (Å²) in [6, 6.07) is 5.90. The molecular weight excluding hydrogens is 706 g/mol. The van der Waals surface area contributed by atoms with Gasteiger partial charge in [0.1, 0.15) is 12.4 Å². The van der Waals surface area contributed by atoms with Crippen LogP contribution in [0.25, 0.3) is 0 Å². The smallest absolute Gasteiger partial charge is 0.308 e. The molecule has 0 saturated heterocycles. The number of esters is 1. The Morgan fingerprint density at radius 3 is 0.981 bits per heavy atom. The van der Waals surface area contributed by atoms with Gasteiger partial charge in [-0.05, 0) is 19.1 Å². The molecule has 0 atom stereocenters. The monoisotopic (exact) mass is 767 g/mol. The van der Waals surface area contributed by atoms with Crippen LogP contribution in [0, 0.1) is 10.1 Å². The summed E-state index contributed by atoms with van der Waals surface area (Å²) in [5.74, 6) is 0.294. The van der Waals surface area contributed by atoms with Crippen LogP contribution in [0.4, 0.5) is 5.69 Å². The van der Waals surface area contributed by atoms with E-state index >= 15 is 0 Å². The molecule has 0 N–H and O–H groups in total. The minimum atomic E-state index is -0.455. The molecule has 0 aromatic heterocycles. The van der Waals surface area contributed by atoms with Crippen molar-refractivity contribution in [3.63, 3.8) is 0 Å². The first-order valence-electron chi connectivity index (χ1n) is 18.1. The van der Waals surface area contributed by atoms with E-state index in [-0.39, 0.29) is 18.1 Å². The van der Waals surface area contributed by atoms with Crippen molar-refractivity contribution in [2.24, 2.45) is 0 Å². The van der Waals surface area contributed by atoms with E-state index in [1.165, 1.54) is 12.1 Å². The molecule has 1 rings (SSSR count). The van der Waals surface area contributed by atoms with E-state index in [4.69, 9.17) is 66.3 Å². The molecule has 308 valence electrons. The van der Waals surface area contributed by atoms with Crippen molar-refractivity contribution < 1.29 is 76.0 Å². The molecule has 0 aliphatic rings. The number of non-ortho nitro benzene ring substituents is 1. The number of nitro benzene ring substituents is 1. The molecule has 18 heteroatoms. The Hall–Kier alpha value is -2.59. The van der Waals surface area contributed by atoms with Crippen LogP contribution in [0.3, 0.4) is 0 Å². The maximum Gasteiger partial charge on any atom is 0.308 e. The Kier molecular flexibility index (Phi) is 35.7. The Morgan fingerprint density at radius 2 is 0.717 bits per heavy atom. The highest BCUT2D eigenvalue weighted by Crippen LogP contribution is 2.17. The third kappa shape index (κ3) is 34.9.